The van der Waals surface area contributed by atoms with Crippen molar-refractivity contribution in [1.82, 2.24) is 10.2 Å². The fourth-order valence-corrected chi connectivity index (χ4v) is 2.80. The fourth-order valence-electron chi connectivity index (χ4n) is 2.80. The Labute approximate surface area is 125 Å². The van der Waals surface area contributed by atoms with Gasteiger partial charge < -0.3 is 10.2 Å². The van der Waals surface area contributed by atoms with E-state index < -0.39 is 0 Å². The van der Waals surface area contributed by atoms with Crippen LogP contribution in [0.25, 0.3) is 0 Å². The molecular formula is C18H32N2. The molecule has 20 heavy (non-hydrogen) atoms. The number of aryl methyl sites for hydroxylation is 1. The summed E-state index contributed by atoms with van der Waals surface area (Å²) < 4.78 is 0. The lowest BCUT2D eigenvalue weighted by Gasteiger charge is -2.26. The number of nitrogens with zero attached hydrogens (tertiary/aromatic N) is 1. The number of hydrogen-bond donors (Lipinski definition) is 1. The van der Waals surface area contributed by atoms with Gasteiger partial charge in [0.1, 0.15) is 0 Å². The molecule has 2 heteroatoms. The van der Waals surface area contributed by atoms with Crippen molar-refractivity contribution in [2.75, 3.05) is 26.2 Å². The van der Waals surface area contributed by atoms with Gasteiger partial charge in [-0.05, 0) is 50.0 Å². The molecular weight excluding hydrogens is 244 g/mol. The Bertz CT molecular complexity index is 373. The molecule has 1 rings (SSSR count). The van der Waals surface area contributed by atoms with Crippen molar-refractivity contribution < 1.29 is 0 Å². The molecule has 0 bridgehead atoms. The standard InChI is InChI=1S/C18H32N2/c1-6-19-18(17-11-9-8-10-16(17)5)12-13-20(7-2)14-15(3)4/h8-11,15,18-19H,6-7,12-14H2,1-5H3. The van der Waals surface area contributed by atoms with E-state index in [0.29, 0.717) is 6.04 Å². The van der Waals surface area contributed by atoms with E-state index in [0.717, 1.165) is 19.0 Å². The lowest BCUT2D eigenvalue weighted by molar-refractivity contribution is 0.242. The van der Waals surface area contributed by atoms with Gasteiger partial charge in [-0.2, -0.15) is 0 Å². The zero-order valence-electron chi connectivity index (χ0n) is 13.9. The van der Waals surface area contributed by atoms with Crippen molar-refractivity contribution in [2.45, 2.75) is 47.1 Å². The summed E-state index contributed by atoms with van der Waals surface area (Å²) >= 11 is 0. The topological polar surface area (TPSA) is 15.3 Å². The second kappa shape index (κ2) is 9.15. The van der Waals surface area contributed by atoms with Gasteiger partial charge in [-0.3, -0.25) is 0 Å². The predicted octanol–water partition coefficient (Wildman–Crippen LogP) is 4.01. The van der Waals surface area contributed by atoms with Crippen LogP contribution in [0.2, 0.25) is 0 Å². The van der Waals surface area contributed by atoms with Crippen LogP contribution in [-0.4, -0.2) is 31.1 Å². The maximum absolute atomic E-state index is 3.65. The van der Waals surface area contributed by atoms with Crippen LogP contribution in [0.1, 0.15) is 51.3 Å². The molecule has 0 saturated heterocycles. The average molecular weight is 276 g/mol. The van der Waals surface area contributed by atoms with Crippen LogP contribution in [0, 0.1) is 12.8 Å². The largest absolute Gasteiger partial charge is 0.310 e. The molecule has 1 aromatic carbocycles. The Morgan fingerprint density at radius 3 is 2.40 bits per heavy atom. The second-order valence-corrected chi connectivity index (χ2v) is 6.04. The number of nitrogens with one attached hydrogen (secondary N) is 1. The summed E-state index contributed by atoms with van der Waals surface area (Å²) in [5, 5.41) is 3.65. The van der Waals surface area contributed by atoms with Crippen LogP contribution >= 0.6 is 0 Å². The Hall–Kier alpha value is -0.860. The third kappa shape index (κ3) is 5.64. The first kappa shape index (κ1) is 17.2. The summed E-state index contributed by atoms with van der Waals surface area (Å²) in [5.74, 6) is 0.742. The maximum Gasteiger partial charge on any atom is 0.0334 e. The molecule has 0 aliphatic carbocycles. The van der Waals surface area contributed by atoms with E-state index >= 15 is 0 Å². The van der Waals surface area contributed by atoms with E-state index in [9.17, 15) is 0 Å². The molecule has 0 radical (unpaired) electrons. The van der Waals surface area contributed by atoms with Gasteiger partial charge in [0, 0.05) is 12.6 Å². The molecule has 1 unspecified atom stereocenters. The molecule has 0 saturated carbocycles. The zero-order chi connectivity index (χ0) is 15.0. The fraction of sp³-hybridized carbons (Fsp3) is 0.667. The van der Waals surface area contributed by atoms with Gasteiger partial charge in [0.2, 0.25) is 0 Å². The molecule has 0 aliphatic rings. The average Bonchev–Trinajstić information content (AvgIpc) is 2.42. The first-order valence-electron chi connectivity index (χ1n) is 8.09. The molecule has 2 nitrogen and oxygen atoms in total. The van der Waals surface area contributed by atoms with E-state index in [2.05, 4.69) is 69.1 Å². The molecule has 0 aliphatic heterocycles. The minimum atomic E-state index is 0.474. The van der Waals surface area contributed by atoms with Gasteiger partial charge in [-0.15, -0.1) is 0 Å². The normalized spacial score (nSPS) is 13.2. The van der Waals surface area contributed by atoms with Gasteiger partial charge in [0.25, 0.3) is 0 Å². The molecule has 0 spiro atoms. The van der Waals surface area contributed by atoms with Crippen molar-refractivity contribution in [3.05, 3.63) is 35.4 Å². The molecule has 114 valence electrons. The number of rotatable bonds is 9. The zero-order valence-corrected chi connectivity index (χ0v) is 13.9. The Morgan fingerprint density at radius 2 is 1.85 bits per heavy atom. The van der Waals surface area contributed by atoms with E-state index in [4.69, 9.17) is 0 Å². The summed E-state index contributed by atoms with van der Waals surface area (Å²) in [6.45, 7) is 15.8. The quantitative estimate of drug-likeness (QED) is 0.733. The van der Waals surface area contributed by atoms with Crippen LogP contribution in [0.3, 0.4) is 0 Å². The van der Waals surface area contributed by atoms with Crippen LogP contribution in [0.5, 0.6) is 0 Å². The van der Waals surface area contributed by atoms with E-state index in [1.807, 2.05) is 0 Å². The van der Waals surface area contributed by atoms with Crippen LogP contribution in [0.15, 0.2) is 24.3 Å². The monoisotopic (exact) mass is 276 g/mol. The Morgan fingerprint density at radius 1 is 1.15 bits per heavy atom. The molecule has 1 N–H and O–H groups in total. The molecule has 0 aromatic heterocycles. The van der Waals surface area contributed by atoms with Crippen molar-refractivity contribution in [3.8, 4) is 0 Å². The maximum atomic E-state index is 3.65. The molecule has 1 atom stereocenters. The predicted molar refractivity (Wildman–Crippen MR) is 89.2 cm³/mol. The first-order valence-corrected chi connectivity index (χ1v) is 8.09. The highest BCUT2D eigenvalue weighted by molar-refractivity contribution is 5.28. The highest BCUT2D eigenvalue weighted by Gasteiger charge is 2.14. The van der Waals surface area contributed by atoms with Gasteiger partial charge in [0.05, 0.1) is 0 Å². The highest BCUT2D eigenvalue weighted by Crippen LogP contribution is 2.21. The Kier molecular flexibility index (Phi) is 7.86. The first-order chi connectivity index (χ1) is 9.58. The number of hydrogen-bond acceptors (Lipinski definition) is 2. The molecule has 0 amide bonds. The van der Waals surface area contributed by atoms with Crippen molar-refractivity contribution in [3.63, 3.8) is 0 Å². The van der Waals surface area contributed by atoms with Crippen LogP contribution in [0.4, 0.5) is 0 Å². The Balaban J connectivity index is 2.66. The van der Waals surface area contributed by atoms with E-state index in [1.165, 1.54) is 30.6 Å². The molecule has 0 heterocycles. The minimum Gasteiger partial charge on any atom is -0.310 e. The second-order valence-electron chi connectivity index (χ2n) is 6.04. The van der Waals surface area contributed by atoms with Crippen molar-refractivity contribution >= 4 is 0 Å². The van der Waals surface area contributed by atoms with Gasteiger partial charge in [-0.1, -0.05) is 52.0 Å². The lowest BCUT2D eigenvalue weighted by atomic mass is 9.98. The summed E-state index contributed by atoms with van der Waals surface area (Å²) in [5.41, 5.74) is 2.85. The minimum absolute atomic E-state index is 0.474. The molecule has 1 aromatic rings. The van der Waals surface area contributed by atoms with Gasteiger partial charge >= 0.3 is 0 Å². The number of benzene rings is 1. The lowest BCUT2D eigenvalue weighted by Crippen LogP contribution is -2.32. The van der Waals surface area contributed by atoms with Crippen molar-refractivity contribution in [2.24, 2.45) is 5.92 Å². The van der Waals surface area contributed by atoms with Gasteiger partial charge in [-0.25, -0.2) is 0 Å². The summed E-state index contributed by atoms with van der Waals surface area (Å²) in [6.07, 6.45) is 1.18. The summed E-state index contributed by atoms with van der Waals surface area (Å²) in [6, 6.07) is 9.23. The van der Waals surface area contributed by atoms with Crippen LogP contribution < -0.4 is 5.32 Å². The SMILES string of the molecule is CCNC(CCN(CC)CC(C)C)c1ccccc1C. The molecule has 0 fully saturated rings. The van der Waals surface area contributed by atoms with E-state index in [-0.39, 0.29) is 0 Å². The van der Waals surface area contributed by atoms with Crippen LogP contribution in [-0.2, 0) is 0 Å². The third-order valence-corrected chi connectivity index (χ3v) is 3.82. The van der Waals surface area contributed by atoms with Crippen molar-refractivity contribution in [1.29, 1.82) is 0 Å². The summed E-state index contributed by atoms with van der Waals surface area (Å²) in [4.78, 5) is 2.56. The summed E-state index contributed by atoms with van der Waals surface area (Å²) in [7, 11) is 0. The van der Waals surface area contributed by atoms with E-state index in [1.54, 1.807) is 0 Å². The smallest absolute Gasteiger partial charge is 0.0334 e. The highest BCUT2D eigenvalue weighted by atomic mass is 15.1. The third-order valence-electron chi connectivity index (χ3n) is 3.82. The van der Waals surface area contributed by atoms with Gasteiger partial charge in [0.15, 0.2) is 0 Å².